The van der Waals surface area contributed by atoms with Crippen LogP contribution < -0.4 is 5.32 Å². The van der Waals surface area contributed by atoms with E-state index in [1.165, 1.54) is 0 Å². The number of thiazole rings is 1. The number of hydrogen-bond acceptors (Lipinski definition) is 4. The van der Waals surface area contributed by atoms with Crippen molar-refractivity contribution >= 4 is 17.2 Å². The molecule has 0 aliphatic carbocycles. The predicted octanol–water partition coefficient (Wildman–Crippen LogP) is 3.10. The van der Waals surface area contributed by atoms with Crippen molar-refractivity contribution in [2.75, 3.05) is 0 Å². The van der Waals surface area contributed by atoms with Crippen LogP contribution in [-0.2, 0) is 11.3 Å². The third-order valence-corrected chi connectivity index (χ3v) is 4.30. The second kappa shape index (κ2) is 7.74. The standard InChI is InChI=1S/C15H26N2O2S/c1-5-7-15(19,8-6-2)9-14(18)16-10-13-11(3)20-12(4)17-13/h19H,5-10H2,1-4H3,(H,16,18). The van der Waals surface area contributed by atoms with Gasteiger partial charge in [0.1, 0.15) is 0 Å². The molecule has 1 aromatic heterocycles. The van der Waals surface area contributed by atoms with Gasteiger partial charge in [0.15, 0.2) is 0 Å². The number of carbonyl (C=O) groups excluding carboxylic acids is 1. The summed E-state index contributed by atoms with van der Waals surface area (Å²) in [7, 11) is 0. The van der Waals surface area contributed by atoms with E-state index in [2.05, 4.69) is 10.3 Å². The minimum absolute atomic E-state index is 0.0977. The highest BCUT2D eigenvalue weighted by atomic mass is 32.1. The van der Waals surface area contributed by atoms with E-state index in [4.69, 9.17) is 0 Å². The van der Waals surface area contributed by atoms with E-state index >= 15 is 0 Å². The van der Waals surface area contributed by atoms with Gasteiger partial charge in [0.25, 0.3) is 0 Å². The van der Waals surface area contributed by atoms with E-state index in [0.29, 0.717) is 19.4 Å². The summed E-state index contributed by atoms with van der Waals surface area (Å²) in [5.41, 5.74) is 0.0658. The Hall–Kier alpha value is -0.940. The molecule has 0 unspecified atom stereocenters. The SMILES string of the molecule is CCCC(O)(CCC)CC(=O)NCc1nc(C)sc1C. The van der Waals surface area contributed by atoms with Gasteiger partial charge in [-0.05, 0) is 26.7 Å². The third-order valence-electron chi connectivity index (χ3n) is 3.37. The zero-order chi connectivity index (χ0) is 15.2. The van der Waals surface area contributed by atoms with E-state index < -0.39 is 5.60 Å². The van der Waals surface area contributed by atoms with Crippen LogP contribution >= 0.6 is 11.3 Å². The molecule has 4 nitrogen and oxygen atoms in total. The second-order valence-corrected chi connectivity index (χ2v) is 6.82. The highest BCUT2D eigenvalue weighted by Gasteiger charge is 2.28. The van der Waals surface area contributed by atoms with Crippen LogP contribution in [0, 0.1) is 13.8 Å². The molecule has 1 rings (SSSR count). The molecule has 0 atom stereocenters. The molecule has 2 N–H and O–H groups in total. The summed E-state index contributed by atoms with van der Waals surface area (Å²) in [4.78, 5) is 17.5. The van der Waals surface area contributed by atoms with E-state index in [9.17, 15) is 9.90 Å². The molecule has 20 heavy (non-hydrogen) atoms. The lowest BCUT2D eigenvalue weighted by Gasteiger charge is -2.26. The van der Waals surface area contributed by atoms with Crippen molar-refractivity contribution < 1.29 is 9.90 Å². The minimum atomic E-state index is -0.860. The highest BCUT2D eigenvalue weighted by molar-refractivity contribution is 7.11. The maximum absolute atomic E-state index is 12.0. The van der Waals surface area contributed by atoms with Crippen molar-refractivity contribution in [1.82, 2.24) is 10.3 Å². The number of aryl methyl sites for hydroxylation is 2. The van der Waals surface area contributed by atoms with Crippen molar-refractivity contribution in [1.29, 1.82) is 0 Å². The van der Waals surface area contributed by atoms with Crippen LogP contribution in [0.2, 0.25) is 0 Å². The van der Waals surface area contributed by atoms with E-state index in [-0.39, 0.29) is 12.3 Å². The average Bonchev–Trinajstić information content (AvgIpc) is 2.65. The van der Waals surface area contributed by atoms with Crippen LogP contribution in [0.3, 0.4) is 0 Å². The van der Waals surface area contributed by atoms with Crippen LogP contribution in [0.5, 0.6) is 0 Å². The van der Waals surface area contributed by atoms with Gasteiger partial charge in [0.05, 0.1) is 29.3 Å². The van der Waals surface area contributed by atoms with Gasteiger partial charge in [-0.1, -0.05) is 26.7 Å². The second-order valence-electron chi connectivity index (χ2n) is 5.41. The van der Waals surface area contributed by atoms with Gasteiger partial charge < -0.3 is 10.4 Å². The summed E-state index contributed by atoms with van der Waals surface area (Å²) in [5, 5.41) is 14.3. The van der Waals surface area contributed by atoms with Crippen LogP contribution in [0.1, 0.15) is 61.5 Å². The summed E-state index contributed by atoms with van der Waals surface area (Å²) in [6.07, 6.45) is 3.28. The van der Waals surface area contributed by atoms with E-state index in [1.54, 1.807) is 11.3 Å². The van der Waals surface area contributed by atoms with E-state index in [1.807, 2.05) is 27.7 Å². The molecule has 0 saturated carbocycles. The van der Waals surface area contributed by atoms with Crippen LogP contribution in [0.25, 0.3) is 0 Å². The first-order chi connectivity index (χ1) is 9.40. The molecular weight excluding hydrogens is 272 g/mol. The molecule has 0 bridgehead atoms. The summed E-state index contributed by atoms with van der Waals surface area (Å²) in [6, 6.07) is 0. The average molecular weight is 298 g/mol. The third kappa shape index (κ3) is 5.21. The molecule has 0 spiro atoms. The first-order valence-electron chi connectivity index (χ1n) is 7.32. The maximum Gasteiger partial charge on any atom is 0.223 e. The highest BCUT2D eigenvalue weighted by Crippen LogP contribution is 2.23. The summed E-state index contributed by atoms with van der Waals surface area (Å²) in [6.45, 7) is 8.48. The summed E-state index contributed by atoms with van der Waals surface area (Å²) >= 11 is 1.64. The molecule has 0 aliphatic heterocycles. The fourth-order valence-electron chi connectivity index (χ4n) is 2.51. The van der Waals surface area contributed by atoms with Crippen molar-refractivity contribution in [3.8, 4) is 0 Å². The first-order valence-corrected chi connectivity index (χ1v) is 8.14. The quantitative estimate of drug-likeness (QED) is 0.775. The molecule has 1 heterocycles. The van der Waals surface area contributed by atoms with Gasteiger partial charge in [-0.15, -0.1) is 11.3 Å². The van der Waals surface area contributed by atoms with Crippen molar-refractivity contribution in [3.05, 3.63) is 15.6 Å². The summed E-state index contributed by atoms with van der Waals surface area (Å²) in [5.74, 6) is -0.0977. The van der Waals surface area contributed by atoms with Gasteiger partial charge in [0.2, 0.25) is 5.91 Å². The molecule has 114 valence electrons. The monoisotopic (exact) mass is 298 g/mol. The Morgan fingerprint density at radius 3 is 2.35 bits per heavy atom. The van der Waals surface area contributed by atoms with Crippen molar-refractivity contribution in [2.24, 2.45) is 0 Å². The molecule has 0 fully saturated rings. The number of carbonyl (C=O) groups is 1. The lowest BCUT2D eigenvalue weighted by atomic mass is 9.89. The molecule has 0 aliphatic rings. The molecular formula is C15H26N2O2S. The van der Waals surface area contributed by atoms with Crippen LogP contribution in [-0.4, -0.2) is 21.6 Å². The van der Waals surface area contributed by atoms with Crippen LogP contribution in [0.4, 0.5) is 0 Å². The lowest BCUT2D eigenvalue weighted by molar-refractivity contribution is -0.126. The Kier molecular flexibility index (Phi) is 6.62. The van der Waals surface area contributed by atoms with Gasteiger partial charge in [-0.3, -0.25) is 4.79 Å². The first kappa shape index (κ1) is 17.1. The van der Waals surface area contributed by atoms with Crippen molar-refractivity contribution in [3.63, 3.8) is 0 Å². The maximum atomic E-state index is 12.0. The topological polar surface area (TPSA) is 62.2 Å². The molecule has 0 radical (unpaired) electrons. The largest absolute Gasteiger partial charge is 0.389 e. The predicted molar refractivity (Wildman–Crippen MR) is 82.8 cm³/mol. The van der Waals surface area contributed by atoms with Gasteiger partial charge in [0, 0.05) is 4.88 Å². The van der Waals surface area contributed by atoms with Gasteiger partial charge >= 0.3 is 0 Å². The zero-order valence-corrected chi connectivity index (χ0v) is 13.8. The molecule has 1 amide bonds. The fourth-order valence-corrected chi connectivity index (χ4v) is 3.35. The van der Waals surface area contributed by atoms with Gasteiger partial charge in [-0.25, -0.2) is 4.98 Å². The lowest BCUT2D eigenvalue weighted by Crippen LogP contribution is -2.36. The number of aliphatic hydroxyl groups is 1. The number of aromatic nitrogens is 1. The smallest absolute Gasteiger partial charge is 0.223 e. The Balaban J connectivity index is 2.51. The van der Waals surface area contributed by atoms with Gasteiger partial charge in [-0.2, -0.15) is 0 Å². The molecule has 0 saturated heterocycles. The Morgan fingerprint density at radius 2 is 1.90 bits per heavy atom. The Morgan fingerprint density at radius 1 is 1.30 bits per heavy atom. The number of amides is 1. The molecule has 0 aromatic carbocycles. The molecule has 5 heteroatoms. The van der Waals surface area contributed by atoms with E-state index in [0.717, 1.165) is 28.4 Å². The Bertz CT molecular complexity index is 437. The normalized spacial score (nSPS) is 11.7. The zero-order valence-electron chi connectivity index (χ0n) is 13.0. The Labute approximate surface area is 125 Å². The minimum Gasteiger partial charge on any atom is -0.389 e. The molecule has 1 aromatic rings. The number of nitrogens with zero attached hydrogens (tertiary/aromatic N) is 1. The van der Waals surface area contributed by atoms with Crippen LogP contribution in [0.15, 0.2) is 0 Å². The number of rotatable bonds is 8. The van der Waals surface area contributed by atoms with Crippen molar-refractivity contribution in [2.45, 2.75) is 71.9 Å². The number of hydrogen-bond donors (Lipinski definition) is 2. The number of nitrogens with one attached hydrogen (secondary N) is 1. The fraction of sp³-hybridized carbons (Fsp3) is 0.733. The summed E-state index contributed by atoms with van der Waals surface area (Å²) < 4.78 is 0.